The minimum Gasteiger partial charge on any atom is -0.393 e. The number of aliphatic hydroxyl groups excluding tert-OH is 1. The highest BCUT2D eigenvalue weighted by Crippen LogP contribution is 2.32. The van der Waals surface area contributed by atoms with Crippen LogP contribution in [0.25, 0.3) is 22.2 Å². The van der Waals surface area contributed by atoms with Gasteiger partial charge in [0, 0.05) is 35.7 Å². The fourth-order valence-corrected chi connectivity index (χ4v) is 4.43. The van der Waals surface area contributed by atoms with Crippen LogP contribution >= 0.6 is 0 Å². The number of nitrogens with two attached hydrogens (primary N) is 1. The van der Waals surface area contributed by atoms with E-state index >= 15 is 0 Å². The van der Waals surface area contributed by atoms with Gasteiger partial charge in [-0.25, -0.2) is 19.9 Å². The van der Waals surface area contributed by atoms with Crippen LogP contribution in [0.5, 0.6) is 0 Å². The van der Waals surface area contributed by atoms with E-state index in [2.05, 4.69) is 21.6 Å². The third kappa shape index (κ3) is 3.90. The van der Waals surface area contributed by atoms with E-state index in [-0.39, 0.29) is 6.10 Å². The third-order valence-electron chi connectivity index (χ3n) is 6.21. The highest BCUT2D eigenvalue weighted by molar-refractivity contribution is 5.97. The maximum absolute atomic E-state index is 9.86. The summed E-state index contributed by atoms with van der Waals surface area (Å²) in [5, 5.41) is 17.9. The van der Waals surface area contributed by atoms with Gasteiger partial charge in [-0.2, -0.15) is 5.10 Å². The van der Waals surface area contributed by atoms with E-state index in [1.54, 1.807) is 6.20 Å². The SMILES string of the molecule is CCc1nc2c(N)ncc(-c3cnn(C4CCNCC4)c3)c2nc1N=C1CC[C@H](O)C1. The topological polar surface area (TPSA) is 127 Å². The lowest BCUT2D eigenvalue weighted by molar-refractivity contribution is 0.188. The van der Waals surface area contributed by atoms with Crippen molar-refractivity contribution in [3.05, 3.63) is 24.3 Å². The summed E-state index contributed by atoms with van der Waals surface area (Å²) >= 11 is 0. The molecule has 0 unspecified atom stereocenters. The van der Waals surface area contributed by atoms with Crippen LogP contribution in [0.3, 0.4) is 0 Å². The van der Waals surface area contributed by atoms with Crippen molar-refractivity contribution in [3.63, 3.8) is 0 Å². The molecule has 0 spiro atoms. The minimum absolute atomic E-state index is 0.312. The van der Waals surface area contributed by atoms with Crippen molar-refractivity contribution in [1.82, 2.24) is 30.0 Å². The molecule has 1 saturated carbocycles. The normalized spacial score (nSPS) is 21.4. The van der Waals surface area contributed by atoms with Crippen LogP contribution < -0.4 is 11.1 Å². The largest absolute Gasteiger partial charge is 0.393 e. The van der Waals surface area contributed by atoms with Gasteiger partial charge in [0.15, 0.2) is 11.6 Å². The number of aryl methyl sites for hydroxylation is 1. The van der Waals surface area contributed by atoms with Gasteiger partial charge in [0.25, 0.3) is 0 Å². The van der Waals surface area contributed by atoms with E-state index in [0.29, 0.717) is 41.6 Å². The molecule has 1 saturated heterocycles. The summed E-state index contributed by atoms with van der Waals surface area (Å²) in [6.07, 6.45) is 10.3. The molecule has 9 nitrogen and oxygen atoms in total. The second-order valence-electron chi connectivity index (χ2n) is 8.37. The number of piperidine rings is 1. The number of aliphatic hydroxyl groups is 1. The van der Waals surface area contributed by atoms with Crippen LogP contribution in [0.15, 0.2) is 23.6 Å². The molecule has 1 aliphatic carbocycles. The molecule has 31 heavy (non-hydrogen) atoms. The van der Waals surface area contributed by atoms with Gasteiger partial charge in [-0.1, -0.05) is 6.92 Å². The first-order valence-corrected chi connectivity index (χ1v) is 11.1. The average molecular weight is 421 g/mol. The number of hydrogen-bond donors (Lipinski definition) is 3. The number of pyridine rings is 1. The Morgan fingerprint density at radius 2 is 2.03 bits per heavy atom. The van der Waals surface area contributed by atoms with Crippen LogP contribution in [-0.4, -0.2) is 54.7 Å². The molecule has 0 radical (unpaired) electrons. The summed E-state index contributed by atoms with van der Waals surface area (Å²) in [4.78, 5) is 18.8. The van der Waals surface area contributed by atoms with Crippen LogP contribution in [0.2, 0.25) is 0 Å². The van der Waals surface area contributed by atoms with Crippen molar-refractivity contribution in [1.29, 1.82) is 0 Å². The fraction of sp³-hybridized carbons (Fsp3) is 0.500. The Labute approximate surface area is 180 Å². The summed E-state index contributed by atoms with van der Waals surface area (Å²) in [5.41, 5.74) is 11.0. The molecule has 4 N–H and O–H groups in total. The Morgan fingerprint density at radius 3 is 2.77 bits per heavy atom. The minimum atomic E-state index is -0.312. The zero-order chi connectivity index (χ0) is 21.4. The molecule has 4 heterocycles. The quantitative estimate of drug-likeness (QED) is 0.592. The predicted molar refractivity (Wildman–Crippen MR) is 120 cm³/mol. The third-order valence-corrected chi connectivity index (χ3v) is 6.21. The zero-order valence-electron chi connectivity index (χ0n) is 17.8. The predicted octanol–water partition coefficient (Wildman–Crippen LogP) is 2.57. The molecule has 0 bridgehead atoms. The van der Waals surface area contributed by atoms with Crippen molar-refractivity contribution in [2.75, 3.05) is 18.8 Å². The monoisotopic (exact) mass is 420 g/mol. The van der Waals surface area contributed by atoms with Crippen molar-refractivity contribution < 1.29 is 5.11 Å². The number of anilines is 1. The van der Waals surface area contributed by atoms with Gasteiger partial charge < -0.3 is 16.2 Å². The molecule has 0 aromatic carbocycles. The Hall–Kier alpha value is -2.91. The summed E-state index contributed by atoms with van der Waals surface area (Å²) in [6, 6.07) is 0.400. The van der Waals surface area contributed by atoms with E-state index in [1.807, 2.05) is 17.8 Å². The maximum Gasteiger partial charge on any atom is 0.174 e. The van der Waals surface area contributed by atoms with E-state index in [9.17, 15) is 5.11 Å². The molecule has 2 fully saturated rings. The number of rotatable bonds is 4. The van der Waals surface area contributed by atoms with Crippen LogP contribution in [0.1, 0.15) is 50.8 Å². The fourth-order valence-electron chi connectivity index (χ4n) is 4.43. The second-order valence-corrected chi connectivity index (χ2v) is 8.37. The Morgan fingerprint density at radius 1 is 1.19 bits per heavy atom. The van der Waals surface area contributed by atoms with Crippen LogP contribution in [0.4, 0.5) is 11.6 Å². The molecule has 0 amide bonds. The van der Waals surface area contributed by atoms with Gasteiger partial charge in [-0.05, 0) is 45.2 Å². The summed E-state index contributed by atoms with van der Waals surface area (Å²) in [7, 11) is 0. The number of nitrogen functional groups attached to an aromatic ring is 1. The molecular weight excluding hydrogens is 392 g/mol. The maximum atomic E-state index is 9.86. The molecule has 5 rings (SSSR count). The first kappa shape index (κ1) is 20.0. The number of fused-ring (bicyclic) bond motifs is 1. The molecule has 3 aromatic heterocycles. The van der Waals surface area contributed by atoms with Gasteiger partial charge in [-0.15, -0.1) is 0 Å². The number of aromatic nitrogens is 5. The summed E-state index contributed by atoms with van der Waals surface area (Å²) in [5.74, 6) is 0.971. The zero-order valence-corrected chi connectivity index (χ0v) is 17.8. The van der Waals surface area contributed by atoms with Crippen molar-refractivity contribution in [2.24, 2.45) is 4.99 Å². The Kier molecular flexibility index (Phi) is 5.37. The highest BCUT2D eigenvalue weighted by atomic mass is 16.3. The molecule has 1 atom stereocenters. The smallest absolute Gasteiger partial charge is 0.174 e. The van der Waals surface area contributed by atoms with Gasteiger partial charge >= 0.3 is 0 Å². The highest BCUT2D eigenvalue weighted by Gasteiger charge is 2.21. The number of aliphatic imine (C=N–C) groups is 1. The van der Waals surface area contributed by atoms with E-state index in [0.717, 1.165) is 61.3 Å². The second kappa shape index (κ2) is 8.32. The molecule has 9 heteroatoms. The summed E-state index contributed by atoms with van der Waals surface area (Å²) in [6.45, 7) is 4.05. The van der Waals surface area contributed by atoms with Crippen LogP contribution in [0, 0.1) is 0 Å². The Balaban J connectivity index is 1.59. The molecular formula is C22H28N8O. The van der Waals surface area contributed by atoms with E-state index in [4.69, 9.17) is 20.7 Å². The van der Waals surface area contributed by atoms with Gasteiger partial charge in [-0.3, -0.25) is 4.68 Å². The van der Waals surface area contributed by atoms with Crippen molar-refractivity contribution >= 4 is 28.4 Å². The van der Waals surface area contributed by atoms with Crippen LogP contribution in [-0.2, 0) is 6.42 Å². The number of hydrogen-bond acceptors (Lipinski definition) is 8. The molecule has 2 aliphatic rings. The Bertz CT molecular complexity index is 1130. The van der Waals surface area contributed by atoms with Gasteiger partial charge in [0.1, 0.15) is 11.0 Å². The van der Waals surface area contributed by atoms with Crippen molar-refractivity contribution in [2.45, 2.75) is 57.6 Å². The van der Waals surface area contributed by atoms with Gasteiger partial charge in [0.2, 0.25) is 0 Å². The van der Waals surface area contributed by atoms with E-state index < -0.39 is 0 Å². The molecule has 162 valence electrons. The van der Waals surface area contributed by atoms with Gasteiger partial charge in [0.05, 0.1) is 24.0 Å². The first-order chi connectivity index (χ1) is 15.1. The molecule has 3 aromatic rings. The molecule has 1 aliphatic heterocycles. The first-order valence-electron chi connectivity index (χ1n) is 11.1. The lowest BCUT2D eigenvalue weighted by atomic mass is 10.1. The average Bonchev–Trinajstić information content (AvgIpc) is 3.44. The number of nitrogens with one attached hydrogen (secondary N) is 1. The standard InChI is InChI=1S/C22H28N8O/c1-2-18-22(27-14-3-4-16(31)9-14)29-19-17(11-25-21(23)20(19)28-18)13-10-26-30(12-13)15-5-7-24-8-6-15/h10-12,15-16,24,31H,2-9H2,1H3,(H2,23,25)/t16-/m0/s1. The lowest BCUT2D eigenvalue weighted by Gasteiger charge is -2.22. The summed E-state index contributed by atoms with van der Waals surface area (Å²) < 4.78 is 2.05. The number of nitrogens with zero attached hydrogens (tertiary/aromatic N) is 6. The lowest BCUT2D eigenvalue weighted by Crippen LogP contribution is -2.29. The van der Waals surface area contributed by atoms with Crippen molar-refractivity contribution in [3.8, 4) is 11.1 Å². The van der Waals surface area contributed by atoms with E-state index in [1.165, 1.54) is 0 Å².